The third kappa shape index (κ3) is 6.98. The van der Waals surface area contributed by atoms with Gasteiger partial charge in [-0.15, -0.1) is 11.3 Å². The Balaban J connectivity index is 1.16. The minimum Gasteiger partial charge on any atom is -0.322 e. The zero-order chi connectivity index (χ0) is 26.3. The third-order valence-corrected chi connectivity index (χ3v) is 8.30. The maximum atomic E-state index is 12.5. The smallest absolute Gasteiger partial charge is 0.255 e. The highest BCUT2D eigenvalue weighted by Crippen LogP contribution is 2.33. The van der Waals surface area contributed by atoms with E-state index in [4.69, 9.17) is 4.98 Å². The summed E-state index contributed by atoms with van der Waals surface area (Å²) in [6.45, 7) is 0. The van der Waals surface area contributed by atoms with Gasteiger partial charge in [0.25, 0.3) is 5.91 Å². The van der Waals surface area contributed by atoms with E-state index in [2.05, 4.69) is 26.6 Å². The fourth-order valence-corrected chi connectivity index (χ4v) is 5.92. The van der Waals surface area contributed by atoms with Crippen LogP contribution in [0.15, 0.2) is 112 Å². The highest BCUT2D eigenvalue weighted by atomic mass is 79.9. The number of benzene rings is 4. The Morgan fingerprint density at radius 1 is 0.868 bits per heavy atom. The van der Waals surface area contributed by atoms with E-state index < -0.39 is 0 Å². The Labute approximate surface area is 237 Å². The number of amides is 2. The van der Waals surface area contributed by atoms with Crippen molar-refractivity contribution in [3.05, 3.63) is 124 Å². The molecule has 5 nitrogen and oxygen atoms in total. The van der Waals surface area contributed by atoms with E-state index in [9.17, 15) is 9.59 Å². The summed E-state index contributed by atoms with van der Waals surface area (Å²) in [5.74, 6) is 0.417. The summed E-state index contributed by atoms with van der Waals surface area (Å²) in [5, 5.41) is 5.82. The number of thioether (sulfide) groups is 1. The van der Waals surface area contributed by atoms with Crippen molar-refractivity contribution in [3.63, 3.8) is 0 Å². The predicted octanol–water partition coefficient (Wildman–Crippen LogP) is 8.26. The Hall–Kier alpha value is -3.72. The standard InChI is InChI=1S/C30H22BrN3O2S2/c31-23-11-13-24(14-12-23)33-29(36)22-9-6-21(7-10-22)19-37-30-34-26-16-15-25(18-27(26)38-30)32-28(35)17-8-20-4-2-1-3-5-20/h1-18H,19H2,(H,32,35)(H,33,36). The largest absolute Gasteiger partial charge is 0.322 e. The number of thiazole rings is 1. The summed E-state index contributed by atoms with van der Waals surface area (Å²) < 4.78 is 2.92. The lowest BCUT2D eigenvalue weighted by molar-refractivity contribution is -0.111. The van der Waals surface area contributed by atoms with Crippen molar-refractivity contribution in [2.45, 2.75) is 10.1 Å². The summed E-state index contributed by atoms with van der Waals surface area (Å²) in [6.07, 6.45) is 3.32. The van der Waals surface area contributed by atoms with Crippen LogP contribution in [0.4, 0.5) is 11.4 Å². The molecule has 0 radical (unpaired) electrons. The monoisotopic (exact) mass is 599 g/mol. The first-order chi connectivity index (χ1) is 18.5. The number of aromatic nitrogens is 1. The van der Waals surface area contributed by atoms with Gasteiger partial charge in [-0.1, -0.05) is 70.2 Å². The van der Waals surface area contributed by atoms with Crippen LogP contribution >= 0.6 is 39.0 Å². The van der Waals surface area contributed by atoms with E-state index in [1.807, 2.05) is 97.1 Å². The molecule has 0 saturated carbocycles. The normalized spacial score (nSPS) is 11.1. The first-order valence-electron chi connectivity index (χ1n) is 11.8. The molecule has 2 amide bonds. The molecular formula is C30H22BrN3O2S2. The molecule has 5 aromatic rings. The van der Waals surface area contributed by atoms with Crippen LogP contribution in [0, 0.1) is 0 Å². The van der Waals surface area contributed by atoms with Crippen molar-refractivity contribution in [2.24, 2.45) is 0 Å². The van der Waals surface area contributed by atoms with Gasteiger partial charge in [0.1, 0.15) is 0 Å². The number of rotatable bonds is 8. The number of anilines is 2. The van der Waals surface area contributed by atoms with Gasteiger partial charge >= 0.3 is 0 Å². The maximum absolute atomic E-state index is 12.5. The van der Waals surface area contributed by atoms with Crippen molar-refractivity contribution in [1.29, 1.82) is 0 Å². The van der Waals surface area contributed by atoms with E-state index in [-0.39, 0.29) is 11.8 Å². The molecule has 0 aliphatic rings. The van der Waals surface area contributed by atoms with Crippen LogP contribution in [0.5, 0.6) is 0 Å². The molecule has 0 saturated heterocycles. The second-order valence-electron chi connectivity index (χ2n) is 8.34. The Morgan fingerprint density at radius 2 is 1.61 bits per heavy atom. The van der Waals surface area contributed by atoms with Gasteiger partial charge in [0.2, 0.25) is 5.91 Å². The molecular weight excluding hydrogens is 578 g/mol. The average molecular weight is 601 g/mol. The van der Waals surface area contributed by atoms with E-state index in [0.717, 1.165) is 47.3 Å². The van der Waals surface area contributed by atoms with Crippen molar-refractivity contribution < 1.29 is 9.59 Å². The highest BCUT2D eigenvalue weighted by molar-refractivity contribution is 9.10. The van der Waals surface area contributed by atoms with Gasteiger partial charge in [-0.2, -0.15) is 0 Å². The van der Waals surface area contributed by atoms with Gasteiger partial charge in [-0.25, -0.2) is 4.98 Å². The number of carbonyl (C=O) groups excluding carboxylic acids is 2. The summed E-state index contributed by atoms with van der Waals surface area (Å²) in [7, 11) is 0. The molecule has 0 unspecified atom stereocenters. The first kappa shape index (κ1) is 25.9. The topological polar surface area (TPSA) is 71.1 Å². The molecule has 8 heteroatoms. The van der Waals surface area contributed by atoms with E-state index >= 15 is 0 Å². The Kier molecular flexibility index (Phi) is 8.33. The third-order valence-electron chi connectivity index (χ3n) is 5.54. The Bertz CT molecular complexity index is 1600. The Morgan fingerprint density at radius 3 is 2.37 bits per heavy atom. The van der Waals surface area contributed by atoms with Crippen LogP contribution in [0.1, 0.15) is 21.5 Å². The average Bonchev–Trinajstić information content (AvgIpc) is 3.35. The zero-order valence-electron chi connectivity index (χ0n) is 20.1. The number of nitrogens with one attached hydrogen (secondary N) is 2. The van der Waals surface area contributed by atoms with Crippen molar-refractivity contribution in [1.82, 2.24) is 4.98 Å². The SMILES string of the molecule is O=C(C=Cc1ccccc1)Nc1ccc2nc(SCc3ccc(C(=O)Nc4ccc(Br)cc4)cc3)sc2c1. The molecule has 0 spiro atoms. The maximum Gasteiger partial charge on any atom is 0.255 e. The highest BCUT2D eigenvalue weighted by Gasteiger charge is 2.09. The summed E-state index contributed by atoms with van der Waals surface area (Å²) in [4.78, 5) is 29.5. The number of fused-ring (bicyclic) bond motifs is 1. The summed E-state index contributed by atoms with van der Waals surface area (Å²) in [5.41, 5.74) is 5.07. The van der Waals surface area contributed by atoms with Gasteiger partial charge in [-0.3, -0.25) is 9.59 Å². The molecule has 1 heterocycles. The minimum absolute atomic E-state index is 0.142. The molecule has 2 N–H and O–H groups in total. The zero-order valence-corrected chi connectivity index (χ0v) is 23.3. The van der Waals surface area contributed by atoms with Crippen molar-refractivity contribution >= 4 is 78.5 Å². The molecule has 0 bridgehead atoms. The summed E-state index contributed by atoms with van der Waals surface area (Å²) >= 11 is 6.63. The number of hydrogen-bond donors (Lipinski definition) is 2. The van der Waals surface area contributed by atoms with Gasteiger partial charge in [-0.05, 0) is 71.8 Å². The van der Waals surface area contributed by atoms with Gasteiger partial charge in [0.05, 0.1) is 10.2 Å². The molecule has 5 rings (SSSR count). The predicted molar refractivity (Wildman–Crippen MR) is 162 cm³/mol. The van der Waals surface area contributed by atoms with Crippen LogP contribution in [0.2, 0.25) is 0 Å². The molecule has 4 aromatic carbocycles. The van der Waals surface area contributed by atoms with Crippen molar-refractivity contribution in [2.75, 3.05) is 10.6 Å². The van der Waals surface area contributed by atoms with Crippen LogP contribution in [0.3, 0.4) is 0 Å². The van der Waals surface area contributed by atoms with Gasteiger partial charge in [0.15, 0.2) is 4.34 Å². The molecule has 0 aliphatic heterocycles. The lowest BCUT2D eigenvalue weighted by Crippen LogP contribution is -2.11. The fourth-order valence-electron chi connectivity index (χ4n) is 3.60. The number of halogens is 1. The van der Waals surface area contributed by atoms with Crippen LogP contribution in [0.25, 0.3) is 16.3 Å². The molecule has 0 atom stereocenters. The van der Waals surface area contributed by atoms with Gasteiger partial charge in [0, 0.05) is 33.2 Å². The van der Waals surface area contributed by atoms with E-state index in [1.165, 1.54) is 6.08 Å². The number of hydrogen-bond acceptors (Lipinski definition) is 5. The number of nitrogens with zero attached hydrogens (tertiary/aromatic N) is 1. The quantitative estimate of drug-likeness (QED) is 0.139. The van der Waals surface area contributed by atoms with Crippen LogP contribution in [-0.2, 0) is 10.5 Å². The summed E-state index contributed by atoms with van der Waals surface area (Å²) in [6, 6.07) is 30.5. The minimum atomic E-state index is -0.179. The lowest BCUT2D eigenvalue weighted by atomic mass is 10.1. The fraction of sp³-hybridized carbons (Fsp3) is 0.0333. The van der Waals surface area contributed by atoms with Crippen molar-refractivity contribution in [3.8, 4) is 0 Å². The van der Waals surface area contributed by atoms with E-state index in [0.29, 0.717) is 5.56 Å². The second-order valence-corrected chi connectivity index (χ2v) is 11.5. The second kappa shape index (κ2) is 12.2. The van der Waals surface area contributed by atoms with E-state index in [1.54, 1.807) is 29.2 Å². The molecule has 0 fully saturated rings. The number of carbonyl (C=O) groups is 2. The lowest BCUT2D eigenvalue weighted by Gasteiger charge is -2.06. The van der Waals surface area contributed by atoms with Crippen LogP contribution in [-0.4, -0.2) is 16.8 Å². The van der Waals surface area contributed by atoms with Crippen LogP contribution < -0.4 is 10.6 Å². The molecule has 188 valence electrons. The first-order valence-corrected chi connectivity index (χ1v) is 14.3. The molecule has 1 aromatic heterocycles. The molecule has 38 heavy (non-hydrogen) atoms. The van der Waals surface area contributed by atoms with Gasteiger partial charge < -0.3 is 10.6 Å². The molecule has 0 aliphatic carbocycles.